The summed E-state index contributed by atoms with van der Waals surface area (Å²) in [5.74, 6) is -6.12. The number of aliphatic hydroxyl groups is 1. The Hall–Kier alpha value is -3.45. The molecule has 0 unspecified atom stereocenters. The number of rotatable bonds is 7. The molecule has 2 saturated heterocycles. The fraction of sp³-hybridized carbons (Fsp3) is 0.500. The number of halogens is 3. The summed E-state index contributed by atoms with van der Waals surface area (Å²) >= 11 is 0. The summed E-state index contributed by atoms with van der Waals surface area (Å²) in [7, 11) is 0. The molecule has 0 radical (unpaired) electrons. The summed E-state index contributed by atoms with van der Waals surface area (Å²) in [5.41, 5.74) is 4.69. The Morgan fingerprint density at radius 1 is 1.03 bits per heavy atom. The number of carbonyl (C=O) groups excluding carboxylic acids is 2. The lowest BCUT2D eigenvalue weighted by Gasteiger charge is -2.27. The van der Waals surface area contributed by atoms with Crippen LogP contribution in [0.2, 0.25) is 0 Å². The third-order valence-corrected chi connectivity index (χ3v) is 6.65. The molecular weight excluding hydrogens is 499 g/mol. The number of fused-ring (bicyclic) bond motifs is 1. The molecule has 3 fully saturated rings. The van der Waals surface area contributed by atoms with Gasteiger partial charge < -0.3 is 30.9 Å². The molecule has 1 saturated carbocycles. The van der Waals surface area contributed by atoms with Crippen LogP contribution in [0.5, 0.6) is 0 Å². The summed E-state index contributed by atoms with van der Waals surface area (Å²) in [4.78, 5) is 47.6. The number of benzene rings is 1. The Morgan fingerprint density at radius 3 is 2.19 bits per heavy atom. The Morgan fingerprint density at radius 2 is 1.62 bits per heavy atom. The van der Waals surface area contributed by atoms with Gasteiger partial charge in [0, 0.05) is 56.2 Å². The zero-order valence-corrected chi connectivity index (χ0v) is 19.8. The van der Waals surface area contributed by atoms with E-state index < -0.39 is 41.0 Å². The molecule has 10 nitrogen and oxygen atoms in total. The number of nitrogens with zero attached hydrogens (tertiary/aromatic N) is 2. The summed E-state index contributed by atoms with van der Waals surface area (Å²) in [6.45, 7) is 1.49. The van der Waals surface area contributed by atoms with Crippen LogP contribution in [0.4, 0.5) is 13.2 Å². The number of carbonyl (C=O) groups is 4. The lowest BCUT2D eigenvalue weighted by Crippen LogP contribution is -2.45. The van der Waals surface area contributed by atoms with E-state index in [1.165, 1.54) is 0 Å². The molecule has 5 N–H and O–H groups in total. The first kappa shape index (κ1) is 28.1. The van der Waals surface area contributed by atoms with E-state index in [0.717, 1.165) is 12.5 Å². The molecule has 2 amide bonds. The molecule has 37 heavy (non-hydrogen) atoms. The van der Waals surface area contributed by atoms with Gasteiger partial charge in [0.25, 0.3) is 5.91 Å². The molecule has 13 heteroatoms. The molecule has 1 aromatic carbocycles. The molecule has 3 aliphatic rings. The minimum absolute atomic E-state index is 0.0560. The summed E-state index contributed by atoms with van der Waals surface area (Å²) in [5, 5.41) is 25.7. The molecular formula is C24H28F3N3O7. The second-order valence-electron chi connectivity index (χ2n) is 9.48. The summed E-state index contributed by atoms with van der Waals surface area (Å²) in [6.07, 6.45) is 2.70. The van der Waals surface area contributed by atoms with E-state index in [-0.39, 0.29) is 42.2 Å². The number of likely N-dealkylation sites (tertiary alicyclic amines) is 2. The number of carboxylic acids is 2. The summed E-state index contributed by atoms with van der Waals surface area (Å²) < 4.78 is 40.2. The Labute approximate surface area is 210 Å². The average molecular weight is 527 g/mol. The number of amides is 2. The first-order valence-corrected chi connectivity index (χ1v) is 11.6. The molecule has 2 aliphatic heterocycles. The average Bonchev–Trinajstić information content (AvgIpc) is 3.24. The predicted molar refractivity (Wildman–Crippen MR) is 121 cm³/mol. The first-order chi connectivity index (χ1) is 17.3. The highest BCUT2D eigenvalue weighted by Crippen LogP contribution is 2.40. The summed E-state index contributed by atoms with van der Waals surface area (Å²) in [6, 6.07) is 0.389. The highest BCUT2D eigenvalue weighted by molar-refractivity contribution is 5.89. The first-order valence-electron chi connectivity index (χ1n) is 11.6. The van der Waals surface area contributed by atoms with E-state index in [2.05, 4.69) is 0 Å². The fourth-order valence-electron chi connectivity index (χ4n) is 4.62. The number of carboxylic acid groups (broad SMARTS) is 2. The zero-order valence-electron chi connectivity index (χ0n) is 19.8. The topological polar surface area (TPSA) is 161 Å². The number of hydrogen-bond donors (Lipinski definition) is 4. The molecule has 3 atom stereocenters. The lowest BCUT2D eigenvalue weighted by molar-refractivity contribution is -0.142. The van der Waals surface area contributed by atoms with Gasteiger partial charge in [0.15, 0.2) is 11.6 Å². The van der Waals surface area contributed by atoms with E-state index in [4.69, 9.17) is 15.9 Å². The van der Waals surface area contributed by atoms with E-state index in [1.54, 1.807) is 9.80 Å². The van der Waals surface area contributed by atoms with Crippen LogP contribution in [0.1, 0.15) is 31.2 Å². The number of hydrogen-bond acceptors (Lipinski definition) is 6. The van der Waals surface area contributed by atoms with Gasteiger partial charge in [-0.3, -0.25) is 9.59 Å². The monoisotopic (exact) mass is 527 g/mol. The van der Waals surface area contributed by atoms with Gasteiger partial charge in [-0.1, -0.05) is 0 Å². The van der Waals surface area contributed by atoms with Crippen molar-refractivity contribution in [2.24, 2.45) is 11.7 Å². The normalized spacial score (nSPS) is 22.3. The molecule has 0 spiro atoms. The van der Waals surface area contributed by atoms with Gasteiger partial charge in [0.05, 0.1) is 6.04 Å². The minimum Gasteiger partial charge on any atom is -0.478 e. The predicted octanol–water partition coefficient (Wildman–Crippen LogP) is 0.660. The van der Waals surface area contributed by atoms with Crippen molar-refractivity contribution in [3.63, 3.8) is 0 Å². The smallest absolute Gasteiger partial charge is 0.328 e. The van der Waals surface area contributed by atoms with Crippen LogP contribution in [-0.2, 0) is 25.6 Å². The Balaban J connectivity index is 0.000000414. The lowest BCUT2D eigenvalue weighted by atomic mass is 10.0. The molecule has 2 heterocycles. The van der Waals surface area contributed by atoms with Crippen LogP contribution in [0.3, 0.4) is 0 Å². The molecule has 1 aliphatic carbocycles. The van der Waals surface area contributed by atoms with Crippen molar-refractivity contribution < 1.29 is 47.7 Å². The van der Waals surface area contributed by atoms with Crippen molar-refractivity contribution in [2.45, 2.75) is 49.8 Å². The highest BCUT2D eigenvalue weighted by Gasteiger charge is 2.54. The van der Waals surface area contributed by atoms with E-state index in [0.29, 0.717) is 50.7 Å². The number of aliphatic carboxylic acids is 2. The molecule has 1 aromatic rings. The quantitative estimate of drug-likeness (QED) is 0.297. The van der Waals surface area contributed by atoms with Gasteiger partial charge in [0.1, 0.15) is 11.4 Å². The fourth-order valence-corrected chi connectivity index (χ4v) is 4.62. The zero-order chi connectivity index (χ0) is 27.5. The van der Waals surface area contributed by atoms with Gasteiger partial charge in [-0.05, 0) is 37.3 Å². The maximum atomic E-state index is 13.8. The van der Waals surface area contributed by atoms with Crippen LogP contribution in [0.25, 0.3) is 0 Å². The Bertz CT molecular complexity index is 1090. The highest BCUT2D eigenvalue weighted by atomic mass is 19.2. The van der Waals surface area contributed by atoms with Crippen LogP contribution in [0.15, 0.2) is 24.3 Å². The van der Waals surface area contributed by atoms with Crippen molar-refractivity contribution in [3.05, 3.63) is 47.3 Å². The van der Waals surface area contributed by atoms with Crippen molar-refractivity contribution in [2.75, 3.05) is 19.6 Å². The number of nitrogens with two attached hydrogens (primary N) is 1. The van der Waals surface area contributed by atoms with E-state index in [9.17, 15) is 37.5 Å². The van der Waals surface area contributed by atoms with Gasteiger partial charge in [0.2, 0.25) is 5.91 Å². The molecule has 0 bridgehead atoms. The Kier molecular flexibility index (Phi) is 8.59. The van der Waals surface area contributed by atoms with Crippen molar-refractivity contribution in [1.82, 2.24) is 9.80 Å². The van der Waals surface area contributed by atoms with Gasteiger partial charge in [-0.15, -0.1) is 0 Å². The molecule has 202 valence electrons. The third-order valence-electron chi connectivity index (χ3n) is 6.65. The largest absolute Gasteiger partial charge is 0.478 e. The maximum Gasteiger partial charge on any atom is 0.328 e. The van der Waals surface area contributed by atoms with Crippen LogP contribution >= 0.6 is 0 Å². The third kappa shape index (κ3) is 7.07. The van der Waals surface area contributed by atoms with E-state index in [1.807, 2.05) is 0 Å². The SMILES string of the molecule is N[C@@H](CC(=O)N1CC[C@H]2CN(C(=O)C3(O)CC3)C[C@H]21)Cc1cc(F)c(F)cc1F.O=C(O)C=CC(=O)O. The van der Waals surface area contributed by atoms with Crippen molar-refractivity contribution in [3.8, 4) is 0 Å². The molecule has 4 rings (SSSR count). The van der Waals surface area contributed by atoms with Crippen LogP contribution < -0.4 is 5.73 Å². The van der Waals surface area contributed by atoms with Crippen LogP contribution in [0, 0.1) is 23.4 Å². The second kappa shape index (κ2) is 11.3. The standard InChI is InChI=1S/C20H24F3N3O3.C4H4O4/c21-14-8-16(23)15(22)6-12(14)5-13(24)7-18(27)26-4-1-11-9-25(10-17(11)26)19(28)20(29)2-3-20;5-3(6)1-2-4(7)8/h6,8,11,13,17,29H,1-5,7,9-10,24H2;1-2H,(H,5,6)(H,7,8)/t11-,13+,17+;/m0./s1. The minimum atomic E-state index is -1.27. The molecule has 0 aromatic heterocycles. The van der Waals surface area contributed by atoms with Crippen LogP contribution in [-0.4, -0.2) is 86.2 Å². The second-order valence-corrected chi connectivity index (χ2v) is 9.48. The van der Waals surface area contributed by atoms with Crippen molar-refractivity contribution >= 4 is 23.8 Å². The van der Waals surface area contributed by atoms with Gasteiger partial charge in [-0.2, -0.15) is 0 Å². The van der Waals surface area contributed by atoms with E-state index >= 15 is 0 Å². The van der Waals surface area contributed by atoms with Gasteiger partial charge in [-0.25, -0.2) is 22.8 Å². The van der Waals surface area contributed by atoms with Crippen molar-refractivity contribution in [1.29, 1.82) is 0 Å². The maximum absolute atomic E-state index is 13.8. The van der Waals surface area contributed by atoms with Gasteiger partial charge >= 0.3 is 11.9 Å².